The monoisotopic (exact) mass is 346 g/mol. The largest absolute Gasteiger partial charge is 0.379 e. The van der Waals surface area contributed by atoms with Crippen LogP contribution in [0.2, 0.25) is 0 Å². The highest BCUT2D eigenvalue weighted by molar-refractivity contribution is 8.13. The molecule has 2 aromatic heterocycles. The lowest BCUT2D eigenvalue weighted by molar-refractivity contribution is 0.103. The number of anilines is 1. The third-order valence-electron chi connectivity index (χ3n) is 3.77. The molecular weight excluding hydrogens is 328 g/mol. The number of hydrogen-bond acceptors (Lipinski definition) is 6. The maximum absolute atomic E-state index is 12.3. The molecule has 3 heterocycles. The summed E-state index contributed by atoms with van der Waals surface area (Å²) in [5.41, 5.74) is 8.20. The number of carbonyl (C=O) groups excluding carboxylic acids is 1. The number of amides is 1. The summed E-state index contributed by atoms with van der Waals surface area (Å²) >= 11 is 3.00. The number of aryl methyl sites for hydroxylation is 1. The fourth-order valence-electron chi connectivity index (χ4n) is 2.44. The molecule has 0 aliphatic carbocycles. The van der Waals surface area contributed by atoms with Gasteiger partial charge in [-0.3, -0.25) is 14.8 Å². The van der Waals surface area contributed by atoms with Crippen molar-refractivity contribution in [3.8, 4) is 0 Å². The molecule has 7 heteroatoms. The van der Waals surface area contributed by atoms with Crippen molar-refractivity contribution in [2.24, 2.45) is 10.7 Å². The number of nitrogens with zero attached hydrogens (tertiary/aromatic N) is 2. The standard InChI is InChI=1S/C16H18N4OS2/c1-10-5-13(23-9-10)14(21)19-12-6-11(7-18-8-12)16(2)3-4-22-15(17)20-16/h5-9H,3-4H2,1-2H3,(H2,17,20)(H,19,21)/t16-/m0/s1. The van der Waals surface area contributed by atoms with E-state index in [4.69, 9.17) is 5.73 Å². The second-order valence-electron chi connectivity index (χ2n) is 5.73. The number of nitrogens with one attached hydrogen (secondary N) is 1. The number of nitrogens with two attached hydrogens (primary N) is 1. The summed E-state index contributed by atoms with van der Waals surface area (Å²) in [6, 6.07) is 3.81. The third kappa shape index (κ3) is 3.56. The van der Waals surface area contributed by atoms with Crippen molar-refractivity contribution in [3.63, 3.8) is 0 Å². The van der Waals surface area contributed by atoms with Crippen LogP contribution in [0.1, 0.15) is 34.1 Å². The van der Waals surface area contributed by atoms with Gasteiger partial charge in [0.2, 0.25) is 0 Å². The topological polar surface area (TPSA) is 80.4 Å². The lowest BCUT2D eigenvalue weighted by Crippen LogP contribution is -2.29. The smallest absolute Gasteiger partial charge is 0.265 e. The summed E-state index contributed by atoms with van der Waals surface area (Å²) in [5.74, 6) is 0.811. The van der Waals surface area contributed by atoms with Crippen molar-refractivity contribution in [1.82, 2.24) is 4.98 Å². The fourth-order valence-corrected chi connectivity index (χ4v) is 4.21. The SMILES string of the molecule is Cc1csc(C(=O)Nc2cncc([C@]3(C)CCSC(N)=N3)c2)c1. The Bertz CT molecular complexity index is 771. The van der Waals surface area contributed by atoms with Crippen LogP contribution in [-0.4, -0.2) is 21.8 Å². The third-order valence-corrected chi connectivity index (χ3v) is 5.61. The van der Waals surface area contributed by atoms with Crippen LogP contribution < -0.4 is 11.1 Å². The number of amidine groups is 1. The number of hydrogen-bond donors (Lipinski definition) is 2. The molecule has 0 saturated carbocycles. The van der Waals surface area contributed by atoms with E-state index in [-0.39, 0.29) is 11.4 Å². The van der Waals surface area contributed by atoms with Gasteiger partial charge in [-0.15, -0.1) is 11.3 Å². The summed E-state index contributed by atoms with van der Waals surface area (Å²) in [7, 11) is 0. The van der Waals surface area contributed by atoms with Crippen molar-refractivity contribution in [3.05, 3.63) is 45.9 Å². The average molecular weight is 346 g/mol. The molecule has 0 fully saturated rings. The van der Waals surface area contributed by atoms with Crippen LogP contribution in [0.5, 0.6) is 0 Å². The molecule has 1 atom stereocenters. The lowest BCUT2D eigenvalue weighted by Gasteiger charge is -2.29. The molecule has 0 bridgehead atoms. The summed E-state index contributed by atoms with van der Waals surface area (Å²) in [4.78, 5) is 21.8. The van der Waals surface area contributed by atoms with Crippen LogP contribution in [0.25, 0.3) is 0 Å². The number of thiophene rings is 1. The van der Waals surface area contributed by atoms with Crippen LogP contribution in [0.15, 0.2) is 34.9 Å². The first-order chi connectivity index (χ1) is 11.0. The summed E-state index contributed by atoms with van der Waals surface area (Å²) in [6.45, 7) is 4.02. The van der Waals surface area contributed by atoms with Gasteiger partial charge in [0, 0.05) is 11.9 Å². The maximum atomic E-state index is 12.3. The molecule has 1 aliphatic heterocycles. The van der Waals surface area contributed by atoms with Crippen LogP contribution in [0.4, 0.5) is 5.69 Å². The van der Waals surface area contributed by atoms with Gasteiger partial charge in [0.15, 0.2) is 5.17 Å². The van der Waals surface area contributed by atoms with E-state index in [9.17, 15) is 4.79 Å². The van der Waals surface area contributed by atoms with Crippen LogP contribution in [-0.2, 0) is 5.54 Å². The van der Waals surface area contributed by atoms with E-state index in [1.165, 1.54) is 11.3 Å². The minimum absolute atomic E-state index is 0.116. The summed E-state index contributed by atoms with van der Waals surface area (Å²) in [6.07, 6.45) is 4.33. The Hall–Kier alpha value is -1.86. The van der Waals surface area contributed by atoms with Gasteiger partial charge in [0.05, 0.1) is 22.3 Å². The Morgan fingerprint density at radius 3 is 2.91 bits per heavy atom. The Morgan fingerprint density at radius 2 is 2.22 bits per heavy atom. The van der Waals surface area contributed by atoms with Gasteiger partial charge in [0.1, 0.15) is 0 Å². The molecule has 5 nitrogen and oxygen atoms in total. The van der Waals surface area contributed by atoms with Crippen molar-refractivity contribution >= 4 is 39.9 Å². The Balaban J connectivity index is 1.83. The van der Waals surface area contributed by atoms with Crippen LogP contribution in [0, 0.1) is 6.92 Å². The predicted molar refractivity (Wildman–Crippen MR) is 97.3 cm³/mol. The Morgan fingerprint density at radius 1 is 1.39 bits per heavy atom. The number of rotatable bonds is 3. The first-order valence-electron chi connectivity index (χ1n) is 7.26. The molecule has 3 N–H and O–H groups in total. The minimum Gasteiger partial charge on any atom is -0.379 e. The van der Waals surface area contributed by atoms with Gasteiger partial charge in [0.25, 0.3) is 5.91 Å². The zero-order valence-corrected chi connectivity index (χ0v) is 14.6. The number of pyridine rings is 1. The summed E-state index contributed by atoms with van der Waals surface area (Å²) in [5, 5.41) is 5.46. The molecular formula is C16H18N4OS2. The van der Waals surface area contributed by atoms with Crippen LogP contribution >= 0.6 is 23.1 Å². The molecule has 2 aromatic rings. The highest BCUT2D eigenvalue weighted by Crippen LogP contribution is 2.35. The molecule has 0 spiro atoms. The van der Waals surface area contributed by atoms with E-state index in [1.807, 2.05) is 31.4 Å². The van der Waals surface area contributed by atoms with Crippen molar-refractivity contribution in [1.29, 1.82) is 0 Å². The van der Waals surface area contributed by atoms with Crippen molar-refractivity contribution < 1.29 is 4.79 Å². The molecule has 0 radical (unpaired) electrons. The highest BCUT2D eigenvalue weighted by Gasteiger charge is 2.30. The van der Waals surface area contributed by atoms with Gasteiger partial charge in [-0.25, -0.2) is 0 Å². The zero-order chi connectivity index (χ0) is 16.4. The zero-order valence-electron chi connectivity index (χ0n) is 13.0. The van der Waals surface area contributed by atoms with E-state index in [0.29, 0.717) is 15.7 Å². The predicted octanol–water partition coefficient (Wildman–Crippen LogP) is 3.37. The molecule has 120 valence electrons. The molecule has 0 saturated heterocycles. The Kier molecular flexibility index (Phi) is 4.41. The molecule has 23 heavy (non-hydrogen) atoms. The van der Waals surface area contributed by atoms with Gasteiger partial charge in [-0.1, -0.05) is 11.8 Å². The first kappa shape index (κ1) is 16.0. The highest BCUT2D eigenvalue weighted by atomic mass is 32.2. The first-order valence-corrected chi connectivity index (χ1v) is 9.13. The lowest BCUT2D eigenvalue weighted by atomic mass is 9.91. The molecule has 3 rings (SSSR count). The summed E-state index contributed by atoms with van der Waals surface area (Å²) < 4.78 is 0. The van der Waals surface area contributed by atoms with Crippen molar-refractivity contribution in [2.45, 2.75) is 25.8 Å². The molecule has 0 aromatic carbocycles. The van der Waals surface area contributed by atoms with Gasteiger partial charge in [-0.05, 0) is 48.9 Å². The number of thioether (sulfide) groups is 1. The van der Waals surface area contributed by atoms with Gasteiger partial charge < -0.3 is 11.1 Å². The minimum atomic E-state index is -0.386. The maximum Gasteiger partial charge on any atom is 0.265 e. The van der Waals surface area contributed by atoms with Gasteiger partial charge in [-0.2, -0.15) is 0 Å². The van der Waals surface area contributed by atoms with E-state index < -0.39 is 0 Å². The van der Waals surface area contributed by atoms with E-state index in [2.05, 4.69) is 15.3 Å². The Labute approximate surface area is 143 Å². The van der Waals surface area contributed by atoms with E-state index in [1.54, 1.807) is 24.2 Å². The van der Waals surface area contributed by atoms with E-state index >= 15 is 0 Å². The second kappa shape index (κ2) is 6.33. The molecule has 0 unspecified atom stereocenters. The number of carbonyl (C=O) groups is 1. The fraction of sp³-hybridized carbons (Fsp3) is 0.312. The molecule has 1 aliphatic rings. The average Bonchev–Trinajstić information content (AvgIpc) is 2.94. The number of aromatic nitrogens is 1. The van der Waals surface area contributed by atoms with Crippen LogP contribution in [0.3, 0.4) is 0 Å². The van der Waals surface area contributed by atoms with E-state index in [0.717, 1.165) is 23.3 Å². The van der Waals surface area contributed by atoms with Crippen molar-refractivity contribution in [2.75, 3.05) is 11.1 Å². The second-order valence-corrected chi connectivity index (χ2v) is 7.75. The van der Waals surface area contributed by atoms with Gasteiger partial charge >= 0.3 is 0 Å². The number of aliphatic imine (C=N–C) groups is 1. The molecule has 1 amide bonds. The quantitative estimate of drug-likeness (QED) is 0.893. The normalized spacial score (nSPS) is 20.9.